The van der Waals surface area contributed by atoms with Crippen molar-refractivity contribution < 1.29 is 4.74 Å². The molecule has 0 aliphatic carbocycles. The van der Waals surface area contributed by atoms with E-state index in [1.54, 1.807) is 7.11 Å². The van der Waals surface area contributed by atoms with Crippen LogP contribution in [0, 0.1) is 6.92 Å². The average molecular weight is 206 g/mol. The highest BCUT2D eigenvalue weighted by atomic mass is 16.5. The van der Waals surface area contributed by atoms with Gasteiger partial charge in [0.15, 0.2) is 0 Å². The second kappa shape index (κ2) is 4.11. The van der Waals surface area contributed by atoms with Crippen molar-refractivity contribution in [2.75, 3.05) is 18.6 Å². The van der Waals surface area contributed by atoms with E-state index in [4.69, 9.17) is 10.5 Å². The van der Waals surface area contributed by atoms with Crippen molar-refractivity contribution in [3.63, 3.8) is 0 Å². The van der Waals surface area contributed by atoms with Gasteiger partial charge in [-0.15, -0.1) is 0 Å². The molecule has 15 heavy (non-hydrogen) atoms. The smallest absolute Gasteiger partial charge is 0.123 e. The summed E-state index contributed by atoms with van der Waals surface area (Å²) < 4.78 is 5.31. The Kier molecular flexibility index (Phi) is 2.82. The average Bonchev–Trinajstić information content (AvgIpc) is 2.65. The third-order valence-corrected chi connectivity index (χ3v) is 3.08. The second-order valence-corrected chi connectivity index (χ2v) is 4.01. The summed E-state index contributed by atoms with van der Waals surface area (Å²) in [6.07, 6.45) is 2.42. The highest BCUT2D eigenvalue weighted by molar-refractivity contribution is 5.59. The van der Waals surface area contributed by atoms with E-state index in [0.29, 0.717) is 0 Å². The van der Waals surface area contributed by atoms with Crippen molar-refractivity contribution in [3.8, 4) is 5.75 Å². The highest BCUT2D eigenvalue weighted by Gasteiger charge is 2.22. The maximum absolute atomic E-state index is 6.06. The molecule has 1 aromatic rings. The van der Waals surface area contributed by atoms with Gasteiger partial charge in [0.1, 0.15) is 5.75 Å². The molecule has 1 aliphatic heterocycles. The number of nitrogens with zero attached hydrogens (tertiary/aromatic N) is 1. The summed E-state index contributed by atoms with van der Waals surface area (Å²) in [6, 6.07) is 6.12. The molecule has 3 nitrogen and oxygen atoms in total. The van der Waals surface area contributed by atoms with E-state index < -0.39 is 0 Å². The maximum atomic E-state index is 6.06. The monoisotopic (exact) mass is 206 g/mol. The van der Waals surface area contributed by atoms with Crippen molar-refractivity contribution >= 4 is 5.69 Å². The van der Waals surface area contributed by atoms with Crippen molar-refractivity contribution in [3.05, 3.63) is 23.8 Å². The number of benzene rings is 1. The molecule has 1 atom stereocenters. The van der Waals surface area contributed by atoms with E-state index >= 15 is 0 Å². The van der Waals surface area contributed by atoms with Crippen LogP contribution in [0.15, 0.2) is 18.2 Å². The molecular formula is C12H18N2O. The van der Waals surface area contributed by atoms with Gasteiger partial charge < -0.3 is 15.4 Å². The SMILES string of the molecule is COc1cccc(N2CCCC2N)c1C. The van der Waals surface area contributed by atoms with Gasteiger partial charge in [-0.2, -0.15) is 0 Å². The van der Waals surface area contributed by atoms with E-state index in [1.165, 1.54) is 17.7 Å². The minimum atomic E-state index is 0.163. The van der Waals surface area contributed by atoms with Crippen molar-refractivity contribution in [2.24, 2.45) is 5.73 Å². The summed E-state index contributed by atoms with van der Waals surface area (Å²) in [5.41, 5.74) is 8.44. The molecule has 0 spiro atoms. The maximum Gasteiger partial charge on any atom is 0.123 e. The Morgan fingerprint density at radius 2 is 2.27 bits per heavy atom. The Bertz CT molecular complexity index is 351. The molecule has 1 heterocycles. The predicted octanol–water partition coefficient (Wildman–Crippen LogP) is 1.89. The number of methoxy groups -OCH3 is 1. The molecule has 1 aliphatic rings. The van der Waals surface area contributed by atoms with E-state index in [0.717, 1.165) is 18.7 Å². The van der Waals surface area contributed by atoms with Gasteiger partial charge in [0.2, 0.25) is 0 Å². The van der Waals surface area contributed by atoms with Gasteiger partial charge in [-0.3, -0.25) is 0 Å². The zero-order valence-electron chi connectivity index (χ0n) is 9.36. The summed E-state index contributed by atoms with van der Waals surface area (Å²) in [4.78, 5) is 2.26. The van der Waals surface area contributed by atoms with Crippen molar-refractivity contribution in [1.82, 2.24) is 0 Å². The molecule has 1 saturated heterocycles. The molecular weight excluding hydrogens is 188 g/mol. The molecule has 0 saturated carbocycles. The lowest BCUT2D eigenvalue weighted by Crippen LogP contribution is -2.36. The van der Waals surface area contributed by atoms with Gasteiger partial charge in [0.05, 0.1) is 13.3 Å². The lowest BCUT2D eigenvalue weighted by atomic mass is 10.1. The summed E-state index contributed by atoms with van der Waals surface area (Å²) in [5.74, 6) is 0.937. The minimum Gasteiger partial charge on any atom is -0.496 e. The summed E-state index contributed by atoms with van der Waals surface area (Å²) >= 11 is 0. The fourth-order valence-electron chi connectivity index (χ4n) is 2.23. The Labute approximate surface area is 90.8 Å². The predicted molar refractivity (Wildman–Crippen MR) is 62.3 cm³/mol. The van der Waals surface area contributed by atoms with Gasteiger partial charge in [-0.25, -0.2) is 0 Å². The van der Waals surface area contributed by atoms with Gasteiger partial charge in [-0.1, -0.05) is 6.07 Å². The van der Waals surface area contributed by atoms with Crippen LogP contribution in [-0.4, -0.2) is 19.8 Å². The molecule has 1 fully saturated rings. The van der Waals surface area contributed by atoms with Crippen LogP contribution in [-0.2, 0) is 0 Å². The standard InChI is InChI=1S/C12H18N2O/c1-9-10(5-3-6-11(9)15-2)14-8-4-7-12(14)13/h3,5-6,12H,4,7-8,13H2,1-2H3. The summed E-state index contributed by atoms with van der Waals surface area (Å²) in [5, 5.41) is 0. The van der Waals surface area contributed by atoms with Crippen LogP contribution >= 0.6 is 0 Å². The Morgan fingerprint density at radius 3 is 2.87 bits per heavy atom. The first-order valence-electron chi connectivity index (χ1n) is 5.40. The lowest BCUT2D eigenvalue weighted by molar-refractivity contribution is 0.411. The molecule has 82 valence electrons. The fourth-order valence-corrected chi connectivity index (χ4v) is 2.23. The lowest BCUT2D eigenvalue weighted by Gasteiger charge is -2.26. The van der Waals surface area contributed by atoms with Gasteiger partial charge in [0.25, 0.3) is 0 Å². The molecule has 2 N–H and O–H groups in total. The molecule has 3 heteroatoms. The van der Waals surface area contributed by atoms with E-state index in [-0.39, 0.29) is 6.17 Å². The fraction of sp³-hybridized carbons (Fsp3) is 0.500. The van der Waals surface area contributed by atoms with Crippen molar-refractivity contribution in [2.45, 2.75) is 25.9 Å². The normalized spacial score (nSPS) is 20.7. The van der Waals surface area contributed by atoms with Crippen LogP contribution in [0.5, 0.6) is 5.75 Å². The molecule has 0 bridgehead atoms. The summed E-state index contributed by atoms with van der Waals surface area (Å²) in [6.45, 7) is 3.13. The van der Waals surface area contributed by atoms with Crippen LogP contribution in [0.1, 0.15) is 18.4 Å². The first-order valence-corrected chi connectivity index (χ1v) is 5.40. The largest absolute Gasteiger partial charge is 0.496 e. The molecule has 0 amide bonds. The summed E-state index contributed by atoms with van der Waals surface area (Å²) in [7, 11) is 1.70. The van der Waals surface area contributed by atoms with Crippen molar-refractivity contribution in [1.29, 1.82) is 0 Å². The molecule has 1 unspecified atom stereocenters. The third-order valence-electron chi connectivity index (χ3n) is 3.08. The molecule has 0 radical (unpaired) electrons. The number of ether oxygens (including phenoxy) is 1. The minimum absolute atomic E-state index is 0.163. The van der Waals surface area contributed by atoms with Crippen LogP contribution in [0.25, 0.3) is 0 Å². The zero-order valence-corrected chi connectivity index (χ0v) is 9.36. The molecule has 2 rings (SSSR count). The van der Waals surface area contributed by atoms with Crippen LogP contribution < -0.4 is 15.4 Å². The number of nitrogens with two attached hydrogens (primary N) is 1. The van der Waals surface area contributed by atoms with Gasteiger partial charge in [-0.05, 0) is 31.9 Å². The van der Waals surface area contributed by atoms with Crippen LogP contribution in [0.4, 0.5) is 5.69 Å². The highest BCUT2D eigenvalue weighted by Crippen LogP contribution is 2.31. The number of rotatable bonds is 2. The van der Waals surface area contributed by atoms with Crippen LogP contribution in [0.2, 0.25) is 0 Å². The zero-order chi connectivity index (χ0) is 10.8. The second-order valence-electron chi connectivity index (χ2n) is 4.01. The van der Waals surface area contributed by atoms with Gasteiger partial charge >= 0.3 is 0 Å². The Hall–Kier alpha value is -1.22. The quantitative estimate of drug-likeness (QED) is 0.803. The van der Waals surface area contributed by atoms with E-state index in [9.17, 15) is 0 Å². The number of hydrogen-bond donors (Lipinski definition) is 1. The number of anilines is 1. The Balaban J connectivity index is 2.35. The molecule has 1 aromatic carbocycles. The third kappa shape index (κ3) is 1.79. The van der Waals surface area contributed by atoms with E-state index in [2.05, 4.69) is 17.9 Å². The topological polar surface area (TPSA) is 38.5 Å². The first kappa shape index (κ1) is 10.3. The number of hydrogen-bond acceptors (Lipinski definition) is 3. The Morgan fingerprint density at radius 1 is 1.47 bits per heavy atom. The van der Waals surface area contributed by atoms with Crippen LogP contribution in [0.3, 0.4) is 0 Å². The first-order chi connectivity index (χ1) is 7.24. The van der Waals surface area contributed by atoms with Gasteiger partial charge in [0, 0.05) is 17.8 Å². The van der Waals surface area contributed by atoms with E-state index in [1.807, 2.05) is 12.1 Å². The molecule has 0 aromatic heterocycles.